The second-order valence-corrected chi connectivity index (χ2v) is 4.61. The van der Waals surface area contributed by atoms with E-state index in [9.17, 15) is 4.79 Å². The number of quaternary nitrogens is 1. The Hall–Kier alpha value is -0.350. The van der Waals surface area contributed by atoms with Gasteiger partial charge in [-0.05, 0) is 19.3 Å². The lowest BCUT2D eigenvalue weighted by atomic mass is 10.2. The molecule has 0 spiro atoms. The van der Waals surface area contributed by atoms with Gasteiger partial charge in [-0.1, -0.05) is 27.4 Å². The first kappa shape index (κ1) is 20.0. The topological polar surface area (TPSA) is 26.3 Å². The highest BCUT2D eigenvalue weighted by Crippen LogP contribution is 2.11. The summed E-state index contributed by atoms with van der Waals surface area (Å²) in [5.74, 6) is -0.312. The SMILES string of the molecule is C=CC(=O)OCC[N+](CCC)(CCC)CCC.[Br-]. The van der Waals surface area contributed by atoms with Gasteiger partial charge in [-0.15, -0.1) is 0 Å². The van der Waals surface area contributed by atoms with E-state index in [-0.39, 0.29) is 23.0 Å². The van der Waals surface area contributed by atoms with Crippen molar-refractivity contribution in [3.8, 4) is 0 Å². The van der Waals surface area contributed by atoms with Crippen LogP contribution in [0.25, 0.3) is 0 Å². The number of ether oxygens (including phenoxy) is 1. The molecule has 0 aliphatic rings. The van der Waals surface area contributed by atoms with Gasteiger partial charge in [0.25, 0.3) is 0 Å². The molecule has 0 heterocycles. The van der Waals surface area contributed by atoms with Crippen LogP contribution in [0, 0.1) is 0 Å². The van der Waals surface area contributed by atoms with Gasteiger partial charge >= 0.3 is 5.97 Å². The minimum absolute atomic E-state index is 0. The van der Waals surface area contributed by atoms with Crippen molar-refractivity contribution >= 4 is 5.97 Å². The van der Waals surface area contributed by atoms with Gasteiger partial charge in [0.15, 0.2) is 0 Å². The van der Waals surface area contributed by atoms with E-state index in [1.807, 2.05) is 0 Å². The maximum atomic E-state index is 11.0. The van der Waals surface area contributed by atoms with Gasteiger partial charge in [-0.2, -0.15) is 0 Å². The number of rotatable bonds is 10. The van der Waals surface area contributed by atoms with Gasteiger partial charge < -0.3 is 26.2 Å². The molecule has 0 rings (SSSR count). The van der Waals surface area contributed by atoms with Gasteiger partial charge in [0.1, 0.15) is 13.2 Å². The predicted molar refractivity (Wildman–Crippen MR) is 71.8 cm³/mol. The smallest absolute Gasteiger partial charge is 0.330 e. The summed E-state index contributed by atoms with van der Waals surface area (Å²) in [7, 11) is 0. The normalized spacial score (nSPS) is 10.6. The third kappa shape index (κ3) is 7.88. The number of esters is 1. The fourth-order valence-electron chi connectivity index (χ4n) is 2.49. The van der Waals surface area contributed by atoms with Crippen LogP contribution in [-0.2, 0) is 9.53 Å². The number of hydrogen-bond acceptors (Lipinski definition) is 2. The van der Waals surface area contributed by atoms with Crippen molar-refractivity contribution in [1.82, 2.24) is 0 Å². The molecule has 0 atom stereocenters. The molecule has 0 fully saturated rings. The molecule has 0 saturated carbocycles. The predicted octanol–water partition coefficient (Wildman–Crippen LogP) is -0.234. The third-order valence-corrected chi connectivity index (χ3v) is 3.07. The molecule has 0 aromatic rings. The first-order valence-corrected chi connectivity index (χ1v) is 6.78. The molecule has 0 amide bonds. The van der Waals surface area contributed by atoms with Crippen LogP contribution in [0.15, 0.2) is 12.7 Å². The van der Waals surface area contributed by atoms with Crippen LogP contribution in [0.5, 0.6) is 0 Å². The maximum absolute atomic E-state index is 11.0. The molecule has 4 heteroatoms. The highest BCUT2D eigenvalue weighted by atomic mass is 79.9. The second kappa shape index (κ2) is 11.7. The fraction of sp³-hybridized carbons (Fsp3) is 0.786. The Morgan fingerprint density at radius 2 is 1.50 bits per heavy atom. The average Bonchev–Trinajstić information content (AvgIpc) is 2.30. The minimum atomic E-state index is -0.312. The van der Waals surface area contributed by atoms with Crippen molar-refractivity contribution < 1.29 is 31.0 Å². The van der Waals surface area contributed by atoms with Crippen molar-refractivity contribution in [2.24, 2.45) is 0 Å². The van der Waals surface area contributed by atoms with Gasteiger partial charge in [-0.25, -0.2) is 4.79 Å². The van der Waals surface area contributed by atoms with E-state index < -0.39 is 0 Å². The molecule has 108 valence electrons. The number of hydrogen-bond donors (Lipinski definition) is 0. The van der Waals surface area contributed by atoms with Crippen molar-refractivity contribution in [1.29, 1.82) is 0 Å². The monoisotopic (exact) mass is 321 g/mol. The van der Waals surface area contributed by atoms with Crippen molar-refractivity contribution in [3.05, 3.63) is 12.7 Å². The highest BCUT2D eigenvalue weighted by molar-refractivity contribution is 5.81. The molecule has 0 N–H and O–H groups in total. The van der Waals surface area contributed by atoms with Crippen LogP contribution in [0.4, 0.5) is 0 Å². The summed E-state index contributed by atoms with van der Waals surface area (Å²) in [5.41, 5.74) is 0. The van der Waals surface area contributed by atoms with Gasteiger partial charge in [-0.3, -0.25) is 0 Å². The highest BCUT2D eigenvalue weighted by Gasteiger charge is 2.24. The summed E-state index contributed by atoms with van der Waals surface area (Å²) in [5, 5.41) is 0. The lowest BCUT2D eigenvalue weighted by Crippen LogP contribution is -3.00. The Morgan fingerprint density at radius 3 is 1.83 bits per heavy atom. The molecule has 0 aromatic heterocycles. The summed E-state index contributed by atoms with van der Waals surface area (Å²) in [4.78, 5) is 11.0. The van der Waals surface area contributed by atoms with Crippen LogP contribution < -0.4 is 17.0 Å². The Bertz CT molecular complexity index is 215. The zero-order valence-corrected chi connectivity index (χ0v) is 13.7. The Kier molecular flexibility index (Phi) is 13.0. The lowest BCUT2D eigenvalue weighted by molar-refractivity contribution is -0.928. The first-order chi connectivity index (χ1) is 8.14. The minimum Gasteiger partial charge on any atom is -1.00 e. The van der Waals surface area contributed by atoms with Crippen LogP contribution in [0.1, 0.15) is 40.0 Å². The average molecular weight is 322 g/mol. The quantitative estimate of drug-likeness (QED) is 0.315. The van der Waals surface area contributed by atoms with Crippen LogP contribution in [0.3, 0.4) is 0 Å². The molecule has 0 radical (unpaired) electrons. The van der Waals surface area contributed by atoms with Crippen LogP contribution >= 0.6 is 0 Å². The van der Waals surface area contributed by atoms with E-state index >= 15 is 0 Å². The van der Waals surface area contributed by atoms with Gasteiger partial charge in [0.2, 0.25) is 0 Å². The number of carbonyl (C=O) groups is 1. The van der Waals surface area contributed by atoms with Gasteiger partial charge in [0, 0.05) is 6.08 Å². The number of carbonyl (C=O) groups excluding carboxylic acids is 1. The number of nitrogens with zero attached hydrogens (tertiary/aromatic N) is 1. The van der Waals surface area contributed by atoms with Crippen LogP contribution in [-0.4, -0.2) is 43.2 Å². The molecule has 0 unspecified atom stereocenters. The summed E-state index contributed by atoms with van der Waals surface area (Å²) < 4.78 is 6.19. The van der Waals surface area contributed by atoms with E-state index in [0.717, 1.165) is 11.0 Å². The molecule has 0 aromatic carbocycles. The molecule has 0 aliphatic carbocycles. The molecule has 3 nitrogen and oxygen atoms in total. The zero-order valence-electron chi connectivity index (χ0n) is 12.1. The largest absolute Gasteiger partial charge is 1.00 e. The van der Waals surface area contributed by atoms with E-state index in [1.54, 1.807) is 0 Å². The van der Waals surface area contributed by atoms with Crippen molar-refractivity contribution in [3.63, 3.8) is 0 Å². The van der Waals surface area contributed by atoms with Gasteiger partial charge in [0.05, 0.1) is 19.6 Å². The van der Waals surface area contributed by atoms with Crippen molar-refractivity contribution in [2.45, 2.75) is 40.0 Å². The fourth-order valence-corrected chi connectivity index (χ4v) is 2.49. The van der Waals surface area contributed by atoms with E-state index in [1.165, 1.54) is 45.0 Å². The number of halogens is 1. The molecule has 0 saturated heterocycles. The van der Waals surface area contributed by atoms with Crippen LogP contribution in [0.2, 0.25) is 0 Å². The third-order valence-electron chi connectivity index (χ3n) is 3.07. The molecule has 18 heavy (non-hydrogen) atoms. The first-order valence-electron chi connectivity index (χ1n) is 6.78. The standard InChI is InChI=1S/C14H28NO2.BrH/c1-5-9-15(10-6-2,11-7-3)12-13-17-14(16)8-4;/h8H,4-7,9-13H2,1-3H3;1H/q+1;/p-1. The Balaban J connectivity index is 0. The molecule has 0 bridgehead atoms. The molecule has 0 aliphatic heterocycles. The summed E-state index contributed by atoms with van der Waals surface area (Å²) in [6, 6.07) is 0. The Labute approximate surface area is 123 Å². The molecular formula is C14H28BrNO2. The zero-order chi connectivity index (χ0) is 13.1. The Morgan fingerprint density at radius 1 is 1.06 bits per heavy atom. The lowest BCUT2D eigenvalue weighted by Gasteiger charge is -2.38. The van der Waals surface area contributed by atoms with E-state index in [0.29, 0.717) is 6.61 Å². The molecular weight excluding hydrogens is 294 g/mol. The summed E-state index contributed by atoms with van der Waals surface area (Å²) >= 11 is 0. The van der Waals surface area contributed by atoms with Crippen molar-refractivity contribution in [2.75, 3.05) is 32.8 Å². The second-order valence-electron chi connectivity index (χ2n) is 4.61. The van der Waals surface area contributed by atoms with E-state index in [2.05, 4.69) is 27.4 Å². The summed E-state index contributed by atoms with van der Waals surface area (Å²) in [6.45, 7) is 15.0. The van der Waals surface area contributed by atoms with E-state index in [4.69, 9.17) is 4.74 Å². The summed E-state index contributed by atoms with van der Waals surface area (Å²) in [6.07, 6.45) is 4.76. The maximum Gasteiger partial charge on any atom is 0.330 e.